The van der Waals surface area contributed by atoms with E-state index in [2.05, 4.69) is 31.1 Å². The molecule has 0 aromatic carbocycles. The number of rotatable bonds is 3. The van der Waals surface area contributed by atoms with Gasteiger partial charge in [0.25, 0.3) is 0 Å². The largest absolute Gasteiger partial charge is 0.481 e. The fourth-order valence-corrected chi connectivity index (χ4v) is 2.36. The fraction of sp³-hybridized carbons (Fsp3) is 0.846. The number of hydrogen-bond donors (Lipinski definition) is 2. The highest BCUT2D eigenvalue weighted by atomic mass is 16.4. The average Bonchev–Trinajstić information content (AvgIpc) is 2.22. The van der Waals surface area contributed by atoms with Crippen LogP contribution < -0.4 is 5.32 Å². The van der Waals surface area contributed by atoms with Crippen LogP contribution in [0.4, 0.5) is 4.79 Å². The van der Waals surface area contributed by atoms with Gasteiger partial charge in [-0.25, -0.2) is 4.79 Å². The molecule has 0 aromatic heterocycles. The van der Waals surface area contributed by atoms with E-state index in [0.29, 0.717) is 25.2 Å². The van der Waals surface area contributed by atoms with Gasteiger partial charge in [-0.15, -0.1) is 0 Å². The summed E-state index contributed by atoms with van der Waals surface area (Å²) < 4.78 is 0. The quantitative estimate of drug-likeness (QED) is 0.802. The third kappa shape index (κ3) is 4.38. The van der Waals surface area contributed by atoms with E-state index in [1.54, 1.807) is 18.7 Å². The second-order valence-electron chi connectivity index (χ2n) is 6.15. The first-order chi connectivity index (χ1) is 8.62. The Morgan fingerprint density at radius 1 is 1.26 bits per heavy atom. The van der Waals surface area contributed by atoms with Gasteiger partial charge in [-0.3, -0.25) is 9.69 Å². The van der Waals surface area contributed by atoms with Gasteiger partial charge in [-0.05, 0) is 34.7 Å². The first-order valence-corrected chi connectivity index (χ1v) is 6.63. The maximum absolute atomic E-state index is 12.2. The van der Waals surface area contributed by atoms with E-state index in [4.69, 9.17) is 5.11 Å². The van der Waals surface area contributed by atoms with Crippen molar-refractivity contribution in [2.45, 2.75) is 51.7 Å². The van der Waals surface area contributed by atoms with Gasteiger partial charge >= 0.3 is 12.0 Å². The third-order valence-corrected chi connectivity index (χ3v) is 3.69. The molecule has 2 unspecified atom stereocenters. The van der Waals surface area contributed by atoms with Crippen LogP contribution in [0.3, 0.4) is 0 Å². The number of nitrogens with zero attached hydrogens (tertiary/aromatic N) is 2. The van der Waals surface area contributed by atoms with Gasteiger partial charge in [0, 0.05) is 30.7 Å². The van der Waals surface area contributed by atoms with Crippen LogP contribution in [-0.4, -0.2) is 64.7 Å². The first kappa shape index (κ1) is 15.8. The monoisotopic (exact) mass is 271 g/mol. The highest BCUT2D eigenvalue weighted by molar-refractivity contribution is 5.77. The summed E-state index contributed by atoms with van der Waals surface area (Å²) in [5.41, 5.74) is -0.737. The number of carbonyl (C=O) groups excluding carboxylic acids is 1. The number of likely N-dealkylation sites (N-methyl/N-ethyl adjacent to an activating group) is 1. The van der Waals surface area contributed by atoms with E-state index in [-0.39, 0.29) is 12.5 Å². The third-order valence-electron chi connectivity index (χ3n) is 3.69. The highest BCUT2D eigenvalue weighted by Crippen LogP contribution is 2.15. The molecule has 110 valence electrons. The lowest BCUT2D eigenvalue weighted by molar-refractivity contribution is -0.138. The van der Waals surface area contributed by atoms with E-state index < -0.39 is 11.5 Å². The topological polar surface area (TPSA) is 72.9 Å². The summed E-state index contributed by atoms with van der Waals surface area (Å²) in [5, 5.41) is 11.6. The van der Waals surface area contributed by atoms with Gasteiger partial charge in [0.1, 0.15) is 0 Å². The second kappa shape index (κ2) is 5.77. The zero-order chi connectivity index (χ0) is 14.8. The summed E-state index contributed by atoms with van der Waals surface area (Å²) in [4.78, 5) is 26.9. The van der Waals surface area contributed by atoms with Crippen molar-refractivity contribution in [2.75, 3.05) is 20.1 Å². The molecule has 0 aromatic rings. The van der Waals surface area contributed by atoms with Crippen LogP contribution in [0.1, 0.15) is 34.1 Å². The lowest BCUT2D eigenvalue weighted by Crippen LogP contribution is -2.60. The Bertz CT molecular complexity index is 345. The zero-order valence-electron chi connectivity index (χ0n) is 12.4. The number of carboxylic acids is 1. The number of hydrogen-bond acceptors (Lipinski definition) is 3. The minimum Gasteiger partial charge on any atom is -0.481 e. The van der Waals surface area contributed by atoms with Crippen molar-refractivity contribution in [3.63, 3.8) is 0 Å². The predicted octanol–water partition coefficient (Wildman–Crippen LogP) is 0.974. The van der Waals surface area contributed by atoms with Crippen molar-refractivity contribution in [1.82, 2.24) is 15.1 Å². The molecule has 2 N–H and O–H groups in total. The fourth-order valence-electron chi connectivity index (χ4n) is 2.36. The number of carboxylic acid groups (broad SMARTS) is 1. The van der Waals surface area contributed by atoms with E-state index in [9.17, 15) is 9.59 Å². The molecule has 0 aliphatic carbocycles. The number of amides is 2. The van der Waals surface area contributed by atoms with Gasteiger partial charge < -0.3 is 15.3 Å². The van der Waals surface area contributed by atoms with Crippen LogP contribution in [0.25, 0.3) is 0 Å². The van der Waals surface area contributed by atoms with E-state index in [1.807, 2.05) is 0 Å². The standard InChI is InChI=1S/C13H25N3O3/c1-9-7-16(8-10(2)15(9)5)12(19)14-13(3,4)6-11(17)18/h9-10H,6-8H2,1-5H3,(H,14,19)(H,17,18). The van der Waals surface area contributed by atoms with E-state index >= 15 is 0 Å². The van der Waals surface area contributed by atoms with Crippen LogP contribution in [0.5, 0.6) is 0 Å². The Balaban J connectivity index is 2.61. The molecule has 0 bridgehead atoms. The molecular formula is C13H25N3O3. The van der Waals surface area contributed by atoms with Crippen molar-refractivity contribution >= 4 is 12.0 Å². The van der Waals surface area contributed by atoms with Gasteiger partial charge in [0.2, 0.25) is 0 Å². The van der Waals surface area contributed by atoms with Crippen LogP contribution in [0.15, 0.2) is 0 Å². The van der Waals surface area contributed by atoms with Crippen molar-refractivity contribution < 1.29 is 14.7 Å². The summed E-state index contributed by atoms with van der Waals surface area (Å²) in [6.07, 6.45) is -0.0857. The molecule has 1 aliphatic heterocycles. The maximum Gasteiger partial charge on any atom is 0.317 e. The minimum atomic E-state index is -0.912. The first-order valence-electron chi connectivity index (χ1n) is 6.63. The molecule has 1 saturated heterocycles. The highest BCUT2D eigenvalue weighted by Gasteiger charge is 2.32. The molecule has 6 heteroatoms. The van der Waals surface area contributed by atoms with Crippen molar-refractivity contribution in [3.8, 4) is 0 Å². The Morgan fingerprint density at radius 3 is 2.16 bits per heavy atom. The van der Waals surface area contributed by atoms with Crippen LogP contribution >= 0.6 is 0 Å². The molecule has 1 rings (SSSR count). The lowest BCUT2D eigenvalue weighted by atomic mass is 10.0. The Hall–Kier alpha value is -1.30. The molecule has 0 spiro atoms. The summed E-state index contributed by atoms with van der Waals surface area (Å²) in [5.74, 6) is -0.912. The molecule has 1 heterocycles. The SMILES string of the molecule is CC1CN(C(=O)NC(C)(C)CC(=O)O)CC(C)N1C. The predicted molar refractivity (Wildman–Crippen MR) is 73.1 cm³/mol. The zero-order valence-corrected chi connectivity index (χ0v) is 12.4. The Kier molecular flexibility index (Phi) is 4.79. The molecule has 2 amide bonds. The minimum absolute atomic E-state index is 0.0857. The maximum atomic E-state index is 12.2. The molecule has 1 fully saturated rings. The smallest absolute Gasteiger partial charge is 0.317 e. The number of urea groups is 1. The van der Waals surface area contributed by atoms with E-state index in [0.717, 1.165) is 0 Å². The average molecular weight is 271 g/mol. The van der Waals surface area contributed by atoms with Crippen molar-refractivity contribution in [1.29, 1.82) is 0 Å². The summed E-state index contributed by atoms with van der Waals surface area (Å²) in [7, 11) is 2.05. The van der Waals surface area contributed by atoms with Crippen LogP contribution in [-0.2, 0) is 4.79 Å². The molecule has 1 aliphatic rings. The van der Waals surface area contributed by atoms with Crippen LogP contribution in [0, 0.1) is 0 Å². The van der Waals surface area contributed by atoms with E-state index in [1.165, 1.54) is 0 Å². The van der Waals surface area contributed by atoms with Crippen molar-refractivity contribution in [2.24, 2.45) is 0 Å². The molecule has 2 atom stereocenters. The Morgan fingerprint density at radius 2 is 1.74 bits per heavy atom. The second-order valence-corrected chi connectivity index (χ2v) is 6.15. The number of carbonyl (C=O) groups is 2. The summed E-state index contributed by atoms with van der Waals surface area (Å²) in [6, 6.07) is 0.423. The number of nitrogens with one attached hydrogen (secondary N) is 1. The Labute approximate surface area is 114 Å². The molecule has 6 nitrogen and oxygen atoms in total. The van der Waals surface area contributed by atoms with Crippen LogP contribution in [0.2, 0.25) is 0 Å². The van der Waals surface area contributed by atoms with Gasteiger partial charge in [-0.2, -0.15) is 0 Å². The summed E-state index contributed by atoms with van der Waals surface area (Å²) in [6.45, 7) is 8.94. The molecule has 19 heavy (non-hydrogen) atoms. The van der Waals surface area contributed by atoms with Crippen molar-refractivity contribution in [3.05, 3.63) is 0 Å². The number of piperazine rings is 1. The molecule has 0 saturated carbocycles. The van der Waals surface area contributed by atoms with Gasteiger partial charge in [0.15, 0.2) is 0 Å². The number of aliphatic carboxylic acids is 1. The molecule has 0 radical (unpaired) electrons. The molecular weight excluding hydrogens is 246 g/mol. The summed E-state index contributed by atoms with van der Waals surface area (Å²) >= 11 is 0. The van der Waals surface area contributed by atoms with Gasteiger partial charge in [-0.1, -0.05) is 0 Å². The van der Waals surface area contributed by atoms with Gasteiger partial charge in [0.05, 0.1) is 6.42 Å². The normalized spacial score (nSPS) is 25.2. The lowest BCUT2D eigenvalue weighted by Gasteiger charge is -2.43.